The number of thioether (sulfide) groups is 2. The highest BCUT2D eigenvalue weighted by atomic mass is 32.2. The van der Waals surface area contributed by atoms with E-state index in [1.54, 1.807) is 0 Å². The van der Waals surface area contributed by atoms with Crippen LogP contribution < -0.4 is 0 Å². The molecule has 0 bridgehead atoms. The van der Waals surface area contributed by atoms with Crippen LogP contribution in [0, 0.1) is 0 Å². The monoisotopic (exact) mass is 319 g/mol. The fourth-order valence-electron chi connectivity index (χ4n) is 3.36. The Balaban J connectivity index is 1.70. The summed E-state index contributed by atoms with van der Waals surface area (Å²) in [4.78, 5) is 9.54. The van der Waals surface area contributed by atoms with Gasteiger partial charge in [0.15, 0.2) is 5.65 Å². The summed E-state index contributed by atoms with van der Waals surface area (Å²) >= 11 is 4.21. The molecular weight excluding hydrogens is 298 g/mol. The third-order valence-corrected chi connectivity index (χ3v) is 7.15. The van der Waals surface area contributed by atoms with E-state index in [1.165, 1.54) is 49.4 Å². The second kappa shape index (κ2) is 6.21. The number of hydrogen-bond donors (Lipinski definition) is 0. The van der Waals surface area contributed by atoms with Crippen LogP contribution in [0.2, 0.25) is 0 Å². The average Bonchev–Trinajstić information content (AvgIpc) is 3.14. The molecular formula is C16H21N3S2. The summed E-state index contributed by atoms with van der Waals surface area (Å²) < 4.78 is 2.45. The predicted molar refractivity (Wildman–Crippen MR) is 92.1 cm³/mol. The second-order valence-electron chi connectivity index (χ2n) is 5.90. The van der Waals surface area contributed by atoms with E-state index in [2.05, 4.69) is 39.1 Å². The Morgan fingerprint density at radius 1 is 1.14 bits per heavy atom. The molecule has 2 aromatic heterocycles. The molecule has 2 unspecified atom stereocenters. The first-order valence-electron chi connectivity index (χ1n) is 7.97. The third kappa shape index (κ3) is 2.82. The molecule has 2 aliphatic heterocycles. The normalized spacial score (nSPS) is 26.5. The highest BCUT2D eigenvalue weighted by molar-refractivity contribution is 8.00. The van der Waals surface area contributed by atoms with E-state index in [0.717, 1.165) is 22.8 Å². The molecule has 0 radical (unpaired) electrons. The number of hydrogen-bond acceptors (Lipinski definition) is 4. The summed E-state index contributed by atoms with van der Waals surface area (Å²) in [5.41, 5.74) is 2.16. The van der Waals surface area contributed by atoms with Crippen LogP contribution in [-0.2, 0) is 6.42 Å². The van der Waals surface area contributed by atoms with Gasteiger partial charge in [-0.15, -0.1) is 11.8 Å². The molecule has 2 atom stereocenters. The third-order valence-electron chi connectivity index (χ3n) is 4.40. The van der Waals surface area contributed by atoms with Gasteiger partial charge in [0.1, 0.15) is 11.3 Å². The van der Waals surface area contributed by atoms with E-state index in [1.807, 2.05) is 12.3 Å². The van der Waals surface area contributed by atoms with E-state index < -0.39 is 0 Å². The molecule has 4 heterocycles. The molecule has 0 aliphatic carbocycles. The lowest BCUT2D eigenvalue weighted by Gasteiger charge is -2.22. The molecule has 2 aliphatic rings. The minimum atomic E-state index is 0.550. The Morgan fingerprint density at radius 3 is 2.90 bits per heavy atom. The van der Waals surface area contributed by atoms with Crippen LogP contribution in [0.1, 0.15) is 43.3 Å². The molecule has 0 N–H and O–H groups in total. The smallest absolute Gasteiger partial charge is 0.160 e. The van der Waals surface area contributed by atoms with Gasteiger partial charge in [-0.2, -0.15) is 11.8 Å². The first kappa shape index (κ1) is 13.9. The lowest BCUT2D eigenvalue weighted by Crippen LogP contribution is -2.17. The SMILES string of the molecule is c1cnc2c(c1)nc(CC1CCCCS1)n2C1CCCS1. The van der Waals surface area contributed by atoms with E-state index >= 15 is 0 Å². The molecule has 21 heavy (non-hydrogen) atoms. The van der Waals surface area contributed by atoms with Gasteiger partial charge >= 0.3 is 0 Å². The van der Waals surface area contributed by atoms with E-state index in [4.69, 9.17) is 4.98 Å². The first-order chi connectivity index (χ1) is 10.4. The Labute approximate surface area is 134 Å². The standard InChI is InChI=1S/C16H21N3S2/c1-2-9-20-12(5-1)11-14-18-13-6-3-8-17-16(13)19(14)15-7-4-10-21-15/h3,6,8,12,15H,1-2,4-5,7,9-11H2. The molecule has 112 valence electrons. The fourth-order valence-corrected chi connectivity index (χ4v) is 5.97. The summed E-state index contributed by atoms with van der Waals surface area (Å²) in [6.07, 6.45) is 9.71. The number of pyridine rings is 1. The molecule has 0 amide bonds. The molecule has 0 aromatic carbocycles. The zero-order chi connectivity index (χ0) is 14.1. The number of nitrogens with zero attached hydrogens (tertiary/aromatic N) is 3. The Morgan fingerprint density at radius 2 is 2.10 bits per heavy atom. The van der Waals surface area contributed by atoms with Gasteiger partial charge < -0.3 is 0 Å². The summed E-state index contributed by atoms with van der Waals surface area (Å²) in [5, 5.41) is 1.30. The predicted octanol–water partition coefficient (Wildman–Crippen LogP) is 4.29. The van der Waals surface area contributed by atoms with E-state index in [9.17, 15) is 0 Å². The van der Waals surface area contributed by atoms with Gasteiger partial charge in [0.25, 0.3) is 0 Å². The van der Waals surface area contributed by atoms with Gasteiger partial charge in [-0.1, -0.05) is 6.42 Å². The topological polar surface area (TPSA) is 30.7 Å². The molecule has 4 rings (SSSR count). The van der Waals surface area contributed by atoms with Crippen LogP contribution in [0.5, 0.6) is 0 Å². The van der Waals surface area contributed by atoms with Gasteiger partial charge in [0.2, 0.25) is 0 Å². The molecule has 0 saturated carbocycles. The van der Waals surface area contributed by atoms with Crippen molar-refractivity contribution in [1.29, 1.82) is 0 Å². The summed E-state index contributed by atoms with van der Waals surface area (Å²) in [5.74, 6) is 3.86. The van der Waals surface area contributed by atoms with Crippen LogP contribution in [0.3, 0.4) is 0 Å². The van der Waals surface area contributed by atoms with Gasteiger partial charge in [-0.25, -0.2) is 9.97 Å². The van der Waals surface area contributed by atoms with Crippen molar-refractivity contribution in [1.82, 2.24) is 14.5 Å². The van der Waals surface area contributed by atoms with Crippen molar-refractivity contribution in [3.05, 3.63) is 24.2 Å². The van der Waals surface area contributed by atoms with Crippen LogP contribution in [0.25, 0.3) is 11.2 Å². The number of aromatic nitrogens is 3. The maximum Gasteiger partial charge on any atom is 0.160 e. The lowest BCUT2D eigenvalue weighted by molar-refractivity contribution is 0.591. The second-order valence-corrected chi connectivity index (χ2v) is 8.60. The molecule has 2 aromatic rings. The first-order valence-corrected chi connectivity index (χ1v) is 10.1. The lowest BCUT2D eigenvalue weighted by atomic mass is 10.1. The van der Waals surface area contributed by atoms with E-state index in [-0.39, 0.29) is 0 Å². The molecule has 5 heteroatoms. The Bertz CT molecular complexity index is 613. The quantitative estimate of drug-likeness (QED) is 0.844. The van der Waals surface area contributed by atoms with Crippen molar-refractivity contribution in [2.45, 2.75) is 49.1 Å². The van der Waals surface area contributed by atoms with Crippen molar-refractivity contribution in [2.24, 2.45) is 0 Å². The summed E-state index contributed by atoms with van der Waals surface area (Å²) in [6, 6.07) is 4.11. The molecule has 2 fully saturated rings. The minimum Gasteiger partial charge on any atom is -0.300 e. The van der Waals surface area contributed by atoms with Gasteiger partial charge in [0.05, 0.1) is 5.37 Å². The van der Waals surface area contributed by atoms with Crippen LogP contribution >= 0.6 is 23.5 Å². The van der Waals surface area contributed by atoms with Crippen LogP contribution in [0.15, 0.2) is 18.3 Å². The van der Waals surface area contributed by atoms with Crippen molar-refractivity contribution < 1.29 is 0 Å². The Kier molecular flexibility index (Phi) is 4.12. The van der Waals surface area contributed by atoms with Crippen LogP contribution in [0.4, 0.5) is 0 Å². The van der Waals surface area contributed by atoms with Crippen molar-refractivity contribution >= 4 is 34.7 Å². The highest BCUT2D eigenvalue weighted by Gasteiger charge is 2.25. The van der Waals surface area contributed by atoms with Crippen molar-refractivity contribution in [3.63, 3.8) is 0 Å². The van der Waals surface area contributed by atoms with E-state index in [0.29, 0.717) is 5.37 Å². The highest BCUT2D eigenvalue weighted by Crippen LogP contribution is 2.39. The van der Waals surface area contributed by atoms with Gasteiger partial charge in [-0.05, 0) is 49.3 Å². The molecule has 0 spiro atoms. The number of fused-ring (bicyclic) bond motifs is 1. The fraction of sp³-hybridized carbons (Fsp3) is 0.625. The summed E-state index contributed by atoms with van der Waals surface area (Å²) in [6.45, 7) is 0. The maximum absolute atomic E-state index is 4.93. The number of rotatable bonds is 3. The number of imidazole rings is 1. The zero-order valence-electron chi connectivity index (χ0n) is 12.2. The maximum atomic E-state index is 4.93. The molecule has 3 nitrogen and oxygen atoms in total. The average molecular weight is 319 g/mol. The van der Waals surface area contributed by atoms with Crippen molar-refractivity contribution in [2.75, 3.05) is 11.5 Å². The molecule has 2 saturated heterocycles. The van der Waals surface area contributed by atoms with Gasteiger partial charge in [-0.3, -0.25) is 4.57 Å². The van der Waals surface area contributed by atoms with Crippen molar-refractivity contribution in [3.8, 4) is 0 Å². The largest absolute Gasteiger partial charge is 0.300 e. The minimum absolute atomic E-state index is 0.550. The summed E-state index contributed by atoms with van der Waals surface area (Å²) in [7, 11) is 0. The zero-order valence-corrected chi connectivity index (χ0v) is 13.8. The Hall–Kier alpha value is -0.680. The van der Waals surface area contributed by atoms with Crippen LogP contribution in [-0.4, -0.2) is 31.3 Å². The van der Waals surface area contributed by atoms with Gasteiger partial charge in [0, 0.05) is 17.9 Å².